The Morgan fingerprint density at radius 1 is 1.47 bits per heavy atom. The van der Waals surface area contributed by atoms with E-state index in [4.69, 9.17) is 11.6 Å². The van der Waals surface area contributed by atoms with Crippen LogP contribution in [0.15, 0.2) is 40.3 Å². The number of amides is 1. The van der Waals surface area contributed by atoms with Crippen LogP contribution in [0.2, 0.25) is 0 Å². The normalized spacial score (nSPS) is 11.9. The summed E-state index contributed by atoms with van der Waals surface area (Å²) in [6.07, 6.45) is 0.450. The fourth-order valence-electron chi connectivity index (χ4n) is 1.45. The summed E-state index contributed by atoms with van der Waals surface area (Å²) in [7, 11) is 0. The van der Waals surface area contributed by atoms with Crippen molar-refractivity contribution in [3.05, 3.63) is 45.9 Å². The maximum Gasteiger partial charge on any atom is 0.220 e. The van der Waals surface area contributed by atoms with Crippen LogP contribution < -0.4 is 5.32 Å². The fraction of sp³-hybridized carbons (Fsp3) is 0.308. The summed E-state index contributed by atoms with van der Waals surface area (Å²) in [6, 6.07) is 7.99. The Kier molecular flexibility index (Phi) is 5.72. The minimum Gasteiger partial charge on any atom is -0.351 e. The highest BCUT2D eigenvalue weighted by Gasteiger charge is 2.10. The maximum absolute atomic E-state index is 11.6. The fourth-order valence-corrected chi connectivity index (χ4v) is 1.79. The van der Waals surface area contributed by atoms with Gasteiger partial charge < -0.3 is 5.32 Å². The Morgan fingerprint density at radius 2 is 2.06 bits per heavy atom. The molecule has 0 saturated heterocycles. The highest BCUT2D eigenvalue weighted by atomic mass is 79.9. The van der Waals surface area contributed by atoms with E-state index in [1.807, 2.05) is 31.2 Å². The average Bonchev–Trinajstić information content (AvgIpc) is 2.27. The van der Waals surface area contributed by atoms with E-state index in [9.17, 15) is 4.79 Å². The first-order valence-corrected chi connectivity index (χ1v) is 6.51. The van der Waals surface area contributed by atoms with E-state index in [2.05, 4.69) is 27.8 Å². The summed E-state index contributed by atoms with van der Waals surface area (Å²) in [4.78, 5) is 11.6. The van der Waals surface area contributed by atoms with Gasteiger partial charge in [0.2, 0.25) is 5.91 Å². The molecule has 0 heterocycles. The molecule has 0 aliphatic carbocycles. The van der Waals surface area contributed by atoms with Crippen molar-refractivity contribution >= 4 is 33.4 Å². The van der Waals surface area contributed by atoms with Crippen molar-refractivity contribution in [1.29, 1.82) is 0 Å². The van der Waals surface area contributed by atoms with Crippen molar-refractivity contribution in [1.82, 2.24) is 5.32 Å². The third kappa shape index (κ3) is 5.37. The summed E-state index contributed by atoms with van der Waals surface area (Å²) in [6.45, 7) is 5.87. The highest BCUT2D eigenvalue weighted by molar-refractivity contribution is 9.10. The van der Waals surface area contributed by atoms with Crippen LogP contribution in [0.25, 0.3) is 0 Å². The summed E-state index contributed by atoms with van der Waals surface area (Å²) < 4.78 is 1.04. The Hall–Kier alpha value is -0.800. The minimum atomic E-state index is -0.0118. The lowest BCUT2D eigenvalue weighted by atomic mass is 9.98. The number of nitrogens with one attached hydrogen (secondary N) is 1. The predicted octanol–water partition coefficient (Wildman–Crippen LogP) is 3.81. The second-order valence-corrected chi connectivity index (χ2v) is 5.40. The summed E-state index contributed by atoms with van der Waals surface area (Å²) >= 11 is 8.96. The molecule has 1 aromatic rings. The molecule has 0 radical (unpaired) electrons. The van der Waals surface area contributed by atoms with E-state index in [-0.39, 0.29) is 11.8 Å². The van der Waals surface area contributed by atoms with Crippen LogP contribution in [0.4, 0.5) is 0 Å². The molecule has 1 aromatic carbocycles. The van der Waals surface area contributed by atoms with Gasteiger partial charge in [-0.1, -0.05) is 53.2 Å². The largest absolute Gasteiger partial charge is 0.351 e. The van der Waals surface area contributed by atoms with Gasteiger partial charge in [-0.3, -0.25) is 4.79 Å². The monoisotopic (exact) mass is 315 g/mol. The Morgan fingerprint density at radius 3 is 2.59 bits per heavy atom. The molecule has 0 saturated carbocycles. The first kappa shape index (κ1) is 14.3. The van der Waals surface area contributed by atoms with E-state index < -0.39 is 0 Å². The molecule has 2 nitrogen and oxygen atoms in total. The second kappa shape index (κ2) is 6.82. The van der Waals surface area contributed by atoms with E-state index in [1.54, 1.807) is 0 Å². The predicted molar refractivity (Wildman–Crippen MR) is 75.2 cm³/mol. The van der Waals surface area contributed by atoms with E-state index in [1.165, 1.54) is 0 Å². The third-order valence-corrected chi connectivity index (χ3v) is 3.07. The molecular formula is C13H15BrClNO. The topological polar surface area (TPSA) is 29.1 Å². The lowest BCUT2D eigenvalue weighted by molar-refractivity contribution is -0.121. The smallest absolute Gasteiger partial charge is 0.220 e. The second-order valence-electron chi connectivity index (χ2n) is 3.95. The highest BCUT2D eigenvalue weighted by Crippen LogP contribution is 2.21. The van der Waals surface area contributed by atoms with Gasteiger partial charge in [0.15, 0.2) is 0 Å². The van der Waals surface area contributed by atoms with Crippen LogP contribution in [-0.2, 0) is 4.79 Å². The summed E-state index contributed by atoms with van der Waals surface area (Å²) in [5, 5.41) is 3.15. The van der Waals surface area contributed by atoms with Crippen LogP contribution in [0.1, 0.15) is 24.8 Å². The SMILES string of the molecule is C=C(Cl)CNC(=O)CC(C)c1ccc(Br)cc1. The van der Waals surface area contributed by atoms with E-state index in [0.717, 1.165) is 10.0 Å². The Bertz CT molecular complexity index is 402. The number of rotatable bonds is 5. The molecule has 1 N–H and O–H groups in total. The van der Waals surface area contributed by atoms with Gasteiger partial charge in [0, 0.05) is 15.9 Å². The number of halogens is 2. The quantitative estimate of drug-likeness (QED) is 0.879. The summed E-state index contributed by atoms with van der Waals surface area (Å²) in [5.41, 5.74) is 1.15. The first-order valence-electron chi connectivity index (χ1n) is 5.34. The van der Waals surface area contributed by atoms with Gasteiger partial charge in [0.1, 0.15) is 0 Å². The molecule has 0 aliphatic heterocycles. The molecule has 0 bridgehead atoms. The number of benzene rings is 1. The van der Waals surface area contributed by atoms with Crippen LogP contribution >= 0.6 is 27.5 Å². The molecule has 1 amide bonds. The molecule has 1 unspecified atom stereocenters. The van der Waals surface area contributed by atoms with Gasteiger partial charge in [0.05, 0.1) is 6.54 Å². The molecule has 1 atom stereocenters. The standard InChI is InChI=1S/C13H15BrClNO/c1-9(7-13(17)16-8-10(2)15)11-3-5-12(14)6-4-11/h3-6,9H,2,7-8H2,1H3,(H,16,17). The van der Waals surface area contributed by atoms with E-state index in [0.29, 0.717) is 18.0 Å². The van der Waals surface area contributed by atoms with Gasteiger partial charge in [-0.25, -0.2) is 0 Å². The zero-order chi connectivity index (χ0) is 12.8. The molecule has 0 spiro atoms. The van der Waals surface area contributed by atoms with Crippen molar-refractivity contribution in [3.8, 4) is 0 Å². The molecule has 1 rings (SSSR count). The number of hydrogen-bond donors (Lipinski definition) is 1. The molecular weight excluding hydrogens is 302 g/mol. The van der Waals surface area contributed by atoms with Crippen molar-refractivity contribution in [2.24, 2.45) is 0 Å². The van der Waals surface area contributed by atoms with Crippen LogP contribution in [-0.4, -0.2) is 12.5 Å². The zero-order valence-corrected chi connectivity index (χ0v) is 12.0. The molecule has 0 fully saturated rings. The lowest BCUT2D eigenvalue weighted by Crippen LogP contribution is -2.25. The third-order valence-electron chi connectivity index (χ3n) is 2.41. The molecule has 17 heavy (non-hydrogen) atoms. The number of carbonyl (C=O) groups excluding carboxylic acids is 1. The molecule has 0 aromatic heterocycles. The van der Waals surface area contributed by atoms with Gasteiger partial charge in [-0.2, -0.15) is 0 Å². The van der Waals surface area contributed by atoms with Crippen LogP contribution in [0, 0.1) is 0 Å². The van der Waals surface area contributed by atoms with Crippen LogP contribution in [0.3, 0.4) is 0 Å². The molecule has 92 valence electrons. The Labute approximate surface area is 115 Å². The minimum absolute atomic E-state index is 0.0118. The summed E-state index contributed by atoms with van der Waals surface area (Å²) in [5.74, 6) is 0.175. The first-order chi connectivity index (χ1) is 7.99. The van der Waals surface area contributed by atoms with Gasteiger partial charge in [0.25, 0.3) is 0 Å². The van der Waals surface area contributed by atoms with Crippen molar-refractivity contribution in [2.45, 2.75) is 19.3 Å². The van der Waals surface area contributed by atoms with Gasteiger partial charge in [-0.05, 0) is 23.6 Å². The Balaban J connectivity index is 2.48. The average molecular weight is 317 g/mol. The zero-order valence-electron chi connectivity index (χ0n) is 9.67. The maximum atomic E-state index is 11.6. The van der Waals surface area contributed by atoms with Crippen LogP contribution in [0.5, 0.6) is 0 Å². The van der Waals surface area contributed by atoms with Crippen molar-refractivity contribution in [2.75, 3.05) is 6.54 Å². The molecule has 4 heteroatoms. The van der Waals surface area contributed by atoms with Gasteiger partial charge in [-0.15, -0.1) is 0 Å². The lowest BCUT2D eigenvalue weighted by Gasteiger charge is -2.11. The number of carbonyl (C=O) groups is 1. The number of hydrogen-bond acceptors (Lipinski definition) is 1. The van der Waals surface area contributed by atoms with Gasteiger partial charge >= 0.3 is 0 Å². The van der Waals surface area contributed by atoms with Crippen molar-refractivity contribution in [3.63, 3.8) is 0 Å². The van der Waals surface area contributed by atoms with Crippen molar-refractivity contribution < 1.29 is 4.79 Å². The van der Waals surface area contributed by atoms with E-state index >= 15 is 0 Å². The molecule has 0 aliphatic rings.